The van der Waals surface area contributed by atoms with Crippen LogP contribution >= 0.6 is 0 Å². The fourth-order valence-corrected chi connectivity index (χ4v) is 1.81. The van der Waals surface area contributed by atoms with E-state index >= 15 is 0 Å². The molecule has 0 saturated carbocycles. The maximum absolute atomic E-state index is 11.6. The smallest absolute Gasteiger partial charge is 0.314 e. The average molecular weight is 313 g/mol. The first kappa shape index (κ1) is 20.7. The highest BCUT2D eigenvalue weighted by atomic mass is 16.2. The molecule has 22 heavy (non-hydrogen) atoms. The second kappa shape index (κ2) is 9.70. The molecule has 3 amide bonds. The summed E-state index contributed by atoms with van der Waals surface area (Å²) in [6, 6.07) is -0.103. The van der Waals surface area contributed by atoms with Gasteiger partial charge in [0.2, 0.25) is 5.91 Å². The van der Waals surface area contributed by atoms with E-state index in [2.05, 4.69) is 57.5 Å². The second-order valence-corrected chi connectivity index (χ2v) is 8.32. The number of urea groups is 1. The summed E-state index contributed by atoms with van der Waals surface area (Å²) in [7, 11) is 0. The molecule has 0 heterocycles. The van der Waals surface area contributed by atoms with Crippen molar-refractivity contribution in [1.29, 1.82) is 0 Å². The van der Waals surface area contributed by atoms with Crippen molar-refractivity contribution in [3.8, 4) is 0 Å². The lowest BCUT2D eigenvalue weighted by Crippen LogP contribution is -2.40. The normalized spacial score (nSPS) is 11.9. The fraction of sp³-hybridized carbons (Fsp3) is 0.882. The van der Waals surface area contributed by atoms with E-state index in [0.29, 0.717) is 26.1 Å². The fourth-order valence-electron chi connectivity index (χ4n) is 1.81. The summed E-state index contributed by atoms with van der Waals surface area (Å²) in [4.78, 5) is 23.1. The molecule has 0 saturated heterocycles. The summed E-state index contributed by atoms with van der Waals surface area (Å²) < 4.78 is 0. The van der Waals surface area contributed by atoms with Gasteiger partial charge in [0.1, 0.15) is 0 Å². The van der Waals surface area contributed by atoms with Crippen molar-refractivity contribution in [3.63, 3.8) is 0 Å². The molecular formula is C17H35N3O2. The largest absolute Gasteiger partial charge is 0.356 e. The lowest BCUT2D eigenvalue weighted by atomic mass is 9.92. The Morgan fingerprint density at radius 3 is 1.77 bits per heavy atom. The first-order valence-corrected chi connectivity index (χ1v) is 8.28. The number of rotatable bonds is 8. The monoisotopic (exact) mass is 313 g/mol. The van der Waals surface area contributed by atoms with Gasteiger partial charge in [-0.2, -0.15) is 0 Å². The standard InChI is InChI=1S/C17H35N3O2/c1-16(2,3)12-14(21)18-10-8-7-9-11-19-15(22)20-13-17(4,5)6/h7-13H2,1-6H3,(H,18,21)(H2,19,20,22). The molecule has 0 aliphatic carbocycles. The summed E-state index contributed by atoms with van der Waals surface area (Å²) in [5.74, 6) is 0.118. The first-order valence-electron chi connectivity index (χ1n) is 8.28. The van der Waals surface area contributed by atoms with Crippen LogP contribution in [-0.4, -0.2) is 31.6 Å². The van der Waals surface area contributed by atoms with Gasteiger partial charge < -0.3 is 16.0 Å². The molecule has 0 rings (SSSR count). The Morgan fingerprint density at radius 1 is 0.727 bits per heavy atom. The molecule has 5 nitrogen and oxygen atoms in total. The molecule has 130 valence electrons. The van der Waals surface area contributed by atoms with Crippen molar-refractivity contribution in [1.82, 2.24) is 16.0 Å². The van der Waals surface area contributed by atoms with E-state index in [1.807, 2.05) is 0 Å². The molecule has 0 aromatic carbocycles. The van der Waals surface area contributed by atoms with E-state index in [1.165, 1.54) is 0 Å². The van der Waals surface area contributed by atoms with E-state index in [9.17, 15) is 9.59 Å². The van der Waals surface area contributed by atoms with Crippen molar-refractivity contribution in [2.24, 2.45) is 10.8 Å². The quantitative estimate of drug-likeness (QED) is 0.603. The summed E-state index contributed by atoms with van der Waals surface area (Å²) in [6.45, 7) is 14.5. The van der Waals surface area contributed by atoms with Crippen molar-refractivity contribution in [2.45, 2.75) is 67.2 Å². The zero-order valence-electron chi connectivity index (χ0n) is 15.3. The Kier molecular flexibility index (Phi) is 9.14. The number of carbonyl (C=O) groups excluding carboxylic acids is 2. The zero-order valence-corrected chi connectivity index (χ0v) is 15.3. The third-order valence-corrected chi connectivity index (χ3v) is 2.93. The van der Waals surface area contributed by atoms with Crippen molar-refractivity contribution in [3.05, 3.63) is 0 Å². The van der Waals surface area contributed by atoms with Crippen molar-refractivity contribution >= 4 is 11.9 Å². The predicted molar refractivity (Wildman–Crippen MR) is 91.8 cm³/mol. The van der Waals surface area contributed by atoms with Gasteiger partial charge in [0.05, 0.1) is 0 Å². The van der Waals surface area contributed by atoms with Gasteiger partial charge in [-0.15, -0.1) is 0 Å². The Labute approximate surface area is 136 Å². The highest BCUT2D eigenvalue weighted by Gasteiger charge is 2.15. The maximum Gasteiger partial charge on any atom is 0.314 e. The Balaban J connectivity index is 3.47. The summed E-state index contributed by atoms with van der Waals surface area (Å²) in [6.07, 6.45) is 3.43. The molecule has 3 N–H and O–H groups in total. The molecule has 5 heteroatoms. The molecule has 0 aromatic rings. The predicted octanol–water partition coefficient (Wildman–Crippen LogP) is 3.05. The van der Waals surface area contributed by atoms with Gasteiger partial charge in [-0.1, -0.05) is 41.5 Å². The topological polar surface area (TPSA) is 70.2 Å². The first-order chi connectivity index (χ1) is 9.99. The number of nitrogens with one attached hydrogen (secondary N) is 3. The SMILES string of the molecule is CC(C)(C)CNC(=O)NCCCCCNC(=O)CC(C)(C)C. The van der Waals surface area contributed by atoms with Gasteiger partial charge in [0.15, 0.2) is 0 Å². The van der Waals surface area contributed by atoms with Crippen LogP contribution in [-0.2, 0) is 4.79 Å². The number of unbranched alkanes of at least 4 members (excludes halogenated alkanes) is 2. The summed E-state index contributed by atoms with van der Waals surface area (Å²) >= 11 is 0. The van der Waals surface area contributed by atoms with Crippen LogP contribution in [0.1, 0.15) is 67.2 Å². The minimum atomic E-state index is -0.103. The summed E-state index contributed by atoms with van der Waals surface area (Å²) in [5.41, 5.74) is 0.136. The summed E-state index contributed by atoms with van der Waals surface area (Å²) in [5, 5.41) is 8.64. The minimum Gasteiger partial charge on any atom is -0.356 e. The molecule has 0 aromatic heterocycles. The molecule has 0 radical (unpaired) electrons. The maximum atomic E-state index is 11.6. The Morgan fingerprint density at radius 2 is 1.27 bits per heavy atom. The van der Waals surface area contributed by atoms with Crippen molar-refractivity contribution in [2.75, 3.05) is 19.6 Å². The highest BCUT2D eigenvalue weighted by molar-refractivity contribution is 5.76. The minimum absolute atomic E-state index is 0.0361. The number of carbonyl (C=O) groups is 2. The lowest BCUT2D eigenvalue weighted by molar-refractivity contribution is -0.122. The Hall–Kier alpha value is -1.26. The van der Waals surface area contributed by atoms with Crippen LogP contribution in [0.2, 0.25) is 0 Å². The van der Waals surface area contributed by atoms with Gasteiger partial charge in [0, 0.05) is 26.1 Å². The zero-order chi connectivity index (χ0) is 17.2. The van der Waals surface area contributed by atoms with Crippen LogP contribution in [0.15, 0.2) is 0 Å². The van der Waals surface area contributed by atoms with Gasteiger partial charge in [0.25, 0.3) is 0 Å². The van der Waals surface area contributed by atoms with Crippen molar-refractivity contribution < 1.29 is 9.59 Å². The van der Waals surface area contributed by atoms with Crippen LogP contribution in [0.3, 0.4) is 0 Å². The van der Waals surface area contributed by atoms with Crippen LogP contribution in [0, 0.1) is 10.8 Å². The molecule has 0 atom stereocenters. The third-order valence-electron chi connectivity index (χ3n) is 2.93. The molecule has 0 bridgehead atoms. The van der Waals surface area contributed by atoms with E-state index in [-0.39, 0.29) is 22.8 Å². The van der Waals surface area contributed by atoms with Crippen LogP contribution < -0.4 is 16.0 Å². The number of amides is 3. The molecule has 0 fully saturated rings. The van der Waals surface area contributed by atoms with E-state index in [0.717, 1.165) is 19.3 Å². The third kappa shape index (κ3) is 15.1. The van der Waals surface area contributed by atoms with Crippen LogP contribution in [0.5, 0.6) is 0 Å². The van der Waals surface area contributed by atoms with Gasteiger partial charge in [-0.3, -0.25) is 4.79 Å². The van der Waals surface area contributed by atoms with E-state index in [1.54, 1.807) is 0 Å². The van der Waals surface area contributed by atoms with Crippen LogP contribution in [0.4, 0.5) is 4.79 Å². The van der Waals surface area contributed by atoms with Gasteiger partial charge in [-0.05, 0) is 30.1 Å². The molecule has 0 aliphatic rings. The second-order valence-electron chi connectivity index (χ2n) is 8.32. The molecule has 0 unspecified atom stereocenters. The van der Waals surface area contributed by atoms with Gasteiger partial charge >= 0.3 is 6.03 Å². The van der Waals surface area contributed by atoms with Gasteiger partial charge in [-0.25, -0.2) is 4.79 Å². The highest BCUT2D eigenvalue weighted by Crippen LogP contribution is 2.17. The lowest BCUT2D eigenvalue weighted by Gasteiger charge is -2.19. The van der Waals surface area contributed by atoms with E-state index < -0.39 is 0 Å². The molecular weight excluding hydrogens is 278 g/mol. The van der Waals surface area contributed by atoms with E-state index in [4.69, 9.17) is 0 Å². The molecule has 0 aliphatic heterocycles. The molecule has 0 spiro atoms. The van der Waals surface area contributed by atoms with Crippen LogP contribution in [0.25, 0.3) is 0 Å². The Bertz CT molecular complexity index is 341. The number of hydrogen-bond acceptors (Lipinski definition) is 2. The average Bonchev–Trinajstić information content (AvgIpc) is 2.32. The number of hydrogen-bond donors (Lipinski definition) is 3.